The third-order valence-electron chi connectivity index (χ3n) is 1.74. The number of hydrogen-bond donors (Lipinski definition) is 0. The molecule has 0 aliphatic rings. The Hall–Kier alpha value is -1.58. The standard InChI is InChI=1S/C8H9N2O2/c1-5-3-6(2)8(10(11)12)4-7(5)9/h3-4,9H,1-2H3. The first kappa shape index (κ1) is 8.52. The molecule has 0 heterocycles. The van der Waals surface area contributed by atoms with Gasteiger partial charge in [-0.15, -0.1) is 0 Å². The van der Waals surface area contributed by atoms with Crippen LogP contribution < -0.4 is 5.73 Å². The fourth-order valence-electron chi connectivity index (χ4n) is 1.04. The van der Waals surface area contributed by atoms with Gasteiger partial charge in [-0.1, -0.05) is 0 Å². The third-order valence-corrected chi connectivity index (χ3v) is 1.74. The van der Waals surface area contributed by atoms with E-state index in [0.717, 1.165) is 5.56 Å². The summed E-state index contributed by atoms with van der Waals surface area (Å²) in [5, 5.41) is 10.4. The molecule has 0 bridgehead atoms. The van der Waals surface area contributed by atoms with Crippen molar-refractivity contribution in [1.82, 2.24) is 5.73 Å². The number of nitro groups is 1. The third kappa shape index (κ3) is 1.37. The lowest BCUT2D eigenvalue weighted by Crippen LogP contribution is -1.92. The molecule has 0 aromatic heterocycles. The molecule has 0 aliphatic heterocycles. The second kappa shape index (κ2) is 2.81. The van der Waals surface area contributed by atoms with Gasteiger partial charge in [0.05, 0.1) is 10.6 Å². The molecule has 63 valence electrons. The summed E-state index contributed by atoms with van der Waals surface area (Å²) in [7, 11) is 0. The van der Waals surface area contributed by atoms with Gasteiger partial charge in [-0.2, -0.15) is 0 Å². The number of rotatable bonds is 1. The Morgan fingerprint density at radius 2 is 1.92 bits per heavy atom. The molecule has 0 saturated heterocycles. The minimum atomic E-state index is -0.465. The molecule has 0 unspecified atom stereocenters. The van der Waals surface area contributed by atoms with E-state index in [1.54, 1.807) is 19.9 Å². The average Bonchev–Trinajstić information content (AvgIpc) is 1.96. The highest BCUT2D eigenvalue weighted by atomic mass is 16.6. The van der Waals surface area contributed by atoms with Crippen LogP contribution >= 0.6 is 0 Å². The lowest BCUT2D eigenvalue weighted by atomic mass is 10.1. The van der Waals surface area contributed by atoms with Crippen molar-refractivity contribution in [2.24, 2.45) is 0 Å². The Kier molecular flexibility index (Phi) is 1.99. The maximum absolute atomic E-state index is 10.4. The smallest absolute Gasteiger partial charge is 0.274 e. The van der Waals surface area contributed by atoms with Crippen molar-refractivity contribution in [3.63, 3.8) is 0 Å². The van der Waals surface area contributed by atoms with E-state index in [0.29, 0.717) is 5.56 Å². The summed E-state index contributed by atoms with van der Waals surface area (Å²) >= 11 is 0. The molecule has 0 atom stereocenters. The van der Waals surface area contributed by atoms with Crippen LogP contribution in [0.1, 0.15) is 11.1 Å². The molecule has 12 heavy (non-hydrogen) atoms. The molecular formula is C8H9N2O2. The predicted molar refractivity (Wildman–Crippen MR) is 45.3 cm³/mol. The number of hydrogen-bond acceptors (Lipinski definition) is 2. The summed E-state index contributed by atoms with van der Waals surface area (Å²) in [4.78, 5) is 9.94. The lowest BCUT2D eigenvalue weighted by molar-refractivity contribution is -0.385. The van der Waals surface area contributed by atoms with Gasteiger partial charge in [0, 0.05) is 11.6 Å². The first-order valence-electron chi connectivity index (χ1n) is 3.49. The first-order valence-corrected chi connectivity index (χ1v) is 3.49. The Balaban J connectivity index is 3.33. The molecule has 1 rings (SSSR count). The Morgan fingerprint density at radius 3 is 2.42 bits per heavy atom. The van der Waals surface area contributed by atoms with E-state index in [1.165, 1.54) is 6.07 Å². The van der Waals surface area contributed by atoms with Crippen molar-refractivity contribution >= 4 is 11.4 Å². The molecular weight excluding hydrogens is 156 g/mol. The van der Waals surface area contributed by atoms with E-state index < -0.39 is 4.92 Å². The molecule has 0 saturated carbocycles. The molecule has 4 heteroatoms. The molecule has 1 N–H and O–H groups in total. The van der Waals surface area contributed by atoms with Crippen LogP contribution in [0.5, 0.6) is 0 Å². The molecule has 1 radical (unpaired) electrons. The van der Waals surface area contributed by atoms with Crippen molar-refractivity contribution in [1.29, 1.82) is 0 Å². The zero-order chi connectivity index (χ0) is 9.30. The van der Waals surface area contributed by atoms with Crippen molar-refractivity contribution in [2.45, 2.75) is 13.8 Å². The predicted octanol–water partition coefficient (Wildman–Crippen LogP) is 2.13. The van der Waals surface area contributed by atoms with Crippen LogP contribution in [0.25, 0.3) is 0 Å². The number of nitrogens with one attached hydrogen (secondary N) is 1. The van der Waals surface area contributed by atoms with Crippen molar-refractivity contribution in [3.05, 3.63) is 33.4 Å². The summed E-state index contributed by atoms with van der Waals surface area (Å²) in [6, 6.07) is 2.94. The maximum Gasteiger partial charge on any atom is 0.274 e. The number of nitro benzene ring substituents is 1. The minimum absolute atomic E-state index is 0.0191. The van der Waals surface area contributed by atoms with Crippen LogP contribution in [0.3, 0.4) is 0 Å². The number of nitrogens with zero attached hydrogens (tertiary/aromatic N) is 1. The van der Waals surface area contributed by atoms with E-state index in [-0.39, 0.29) is 11.4 Å². The number of aryl methyl sites for hydroxylation is 2. The largest absolute Gasteiger partial charge is 0.300 e. The van der Waals surface area contributed by atoms with Crippen LogP contribution in [-0.2, 0) is 0 Å². The van der Waals surface area contributed by atoms with Crippen molar-refractivity contribution < 1.29 is 4.92 Å². The lowest BCUT2D eigenvalue weighted by Gasteiger charge is -2.00. The van der Waals surface area contributed by atoms with Crippen LogP contribution in [-0.4, -0.2) is 4.92 Å². The van der Waals surface area contributed by atoms with Gasteiger partial charge < -0.3 is 5.73 Å². The molecule has 0 aliphatic carbocycles. The average molecular weight is 165 g/mol. The second-order valence-corrected chi connectivity index (χ2v) is 2.71. The maximum atomic E-state index is 10.4. The quantitative estimate of drug-likeness (QED) is 0.472. The number of benzene rings is 1. The Bertz CT molecular complexity index is 334. The van der Waals surface area contributed by atoms with E-state index in [1.807, 2.05) is 0 Å². The van der Waals surface area contributed by atoms with Gasteiger partial charge in [-0.3, -0.25) is 10.1 Å². The minimum Gasteiger partial charge on any atom is -0.300 e. The van der Waals surface area contributed by atoms with Gasteiger partial charge in [-0.05, 0) is 25.5 Å². The summed E-state index contributed by atoms with van der Waals surface area (Å²) < 4.78 is 0. The summed E-state index contributed by atoms with van der Waals surface area (Å²) in [5.41, 5.74) is 8.95. The van der Waals surface area contributed by atoms with Crippen LogP contribution in [0.15, 0.2) is 12.1 Å². The summed E-state index contributed by atoms with van der Waals surface area (Å²) in [5.74, 6) is 0. The summed E-state index contributed by atoms with van der Waals surface area (Å²) in [6.07, 6.45) is 0. The SMILES string of the molecule is Cc1cc(C)c([N+](=O)[O-])cc1[NH]. The van der Waals surface area contributed by atoms with Crippen LogP contribution in [0, 0.1) is 24.0 Å². The van der Waals surface area contributed by atoms with Gasteiger partial charge in [0.2, 0.25) is 0 Å². The topological polar surface area (TPSA) is 66.9 Å². The fourth-order valence-corrected chi connectivity index (χ4v) is 1.04. The normalized spacial score (nSPS) is 9.83. The highest BCUT2D eigenvalue weighted by molar-refractivity contribution is 5.55. The highest BCUT2D eigenvalue weighted by Crippen LogP contribution is 2.24. The summed E-state index contributed by atoms with van der Waals surface area (Å²) in [6.45, 7) is 3.43. The van der Waals surface area contributed by atoms with E-state index in [4.69, 9.17) is 5.73 Å². The zero-order valence-electron chi connectivity index (χ0n) is 6.92. The van der Waals surface area contributed by atoms with Gasteiger partial charge in [0.25, 0.3) is 5.69 Å². The van der Waals surface area contributed by atoms with Gasteiger partial charge in [0.1, 0.15) is 0 Å². The molecule has 1 aromatic rings. The Morgan fingerprint density at radius 1 is 1.33 bits per heavy atom. The van der Waals surface area contributed by atoms with E-state index >= 15 is 0 Å². The molecule has 0 spiro atoms. The van der Waals surface area contributed by atoms with E-state index in [2.05, 4.69) is 0 Å². The fraction of sp³-hybridized carbons (Fsp3) is 0.250. The van der Waals surface area contributed by atoms with Crippen molar-refractivity contribution in [3.8, 4) is 0 Å². The highest BCUT2D eigenvalue weighted by Gasteiger charge is 2.11. The molecule has 4 nitrogen and oxygen atoms in total. The first-order chi connectivity index (χ1) is 5.52. The van der Waals surface area contributed by atoms with Gasteiger partial charge >= 0.3 is 0 Å². The van der Waals surface area contributed by atoms with Crippen LogP contribution in [0.4, 0.5) is 11.4 Å². The Labute approximate surface area is 70.2 Å². The molecule has 0 fully saturated rings. The van der Waals surface area contributed by atoms with Crippen LogP contribution in [0.2, 0.25) is 0 Å². The molecule has 0 amide bonds. The van der Waals surface area contributed by atoms with E-state index in [9.17, 15) is 10.1 Å². The van der Waals surface area contributed by atoms with Crippen molar-refractivity contribution in [2.75, 3.05) is 0 Å². The van der Waals surface area contributed by atoms with Gasteiger partial charge in [0.15, 0.2) is 0 Å². The zero-order valence-corrected chi connectivity index (χ0v) is 6.92. The monoisotopic (exact) mass is 165 g/mol. The molecule has 1 aromatic carbocycles. The second-order valence-electron chi connectivity index (χ2n) is 2.71. The van der Waals surface area contributed by atoms with Gasteiger partial charge in [-0.25, -0.2) is 0 Å².